The summed E-state index contributed by atoms with van der Waals surface area (Å²) < 4.78 is 100. The van der Waals surface area contributed by atoms with Crippen LogP contribution in [0.4, 0.5) is 26.3 Å². The quantitative estimate of drug-likeness (QED) is 0.229. The first-order valence-electron chi connectivity index (χ1n) is 13.1. The minimum absolute atomic E-state index is 0.193. The Balaban J connectivity index is 1.28. The third-order valence-electron chi connectivity index (χ3n) is 7.22. The summed E-state index contributed by atoms with van der Waals surface area (Å²) in [5.74, 6) is -2.30. The SMILES string of the molecule is C/C=C/CCC1COC(C2CCC(c3ccc(C(F)(F)Oc4ccc(OC(F)(F)F)c(F)c4)cc3)CC2)OC1. The molecule has 0 unspecified atom stereocenters. The lowest BCUT2D eigenvalue weighted by Crippen LogP contribution is -2.38. The molecular formula is C29H32F6O4. The smallest absolute Gasteiger partial charge is 0.429 e. The van der Waals surface area contributed by atoms with Crippen molar-refractivity contribution in [2.75, 3.05) is 13.2 Å². The zero-order valence-electron chi connectivity index (χ0n) is 21.6. The average Bonchev–Trinajstić information content (AvgIpc) is 2.90. The highest BCUT2D eigenvalue weighted by molar-refractivity contribution is 5.34. The molecule has 214 valence electrons. The standard InChI is InChI=1S/C29H32F6O4/c1-2-3-4-5-19-17-36-27(37-18-19)22-8-6-20(7-9-22)21-10-12-23(13-11-21)28(31,32)38-24-14-15-26(25(30)16-24)39-29(33,34)35/h2-3,10-16,19-20,22,27H,4-9,17-18H2,1H3/b3-2+. The number of ether oxygens (including phenoxy) is 4. The van der Waals surface area contributed by atoms with Crippen LogP contribution < -0.4 is 9.47 Å². The monoisotopic (exact) mass is 558 g/mol. The van der Waals surface area contributed by atoms with E-state index in [1.54, 1.807) is 12.1 Å². The van der Waals surface area contributed by atoms with Crippen molar-refractivity contribution in [1.82, 2.24) is 0 Å². The topological polar surface area (TPSA) is 36.9 Å². The molecule has 1 saturated carbocycles. The maximum Gasteiger partial charge on any atom is 0.573 e. The third-order valence-corrected chi connectivity index (χ3v) is 7.22. The molecule has 0 aromatic heterocycles. The molecule has 0 amide bonds. The van der Waals surface area contributed by atoms with E-state index in [2.05, 4.69) is 15.5 Å². The van der Waals surface area contributed by atoms with E-state index in [4.69, 9.17) is 9.47 Å². The Hall–Kier alpha value is -2.72. The van der Waals surface area contributed by atoms with Crippen LogP contribution in [0.2, 0.25) is 0 Å². The molecule has 0 spiro atoms. The van der Waals surface area contributed by atoms with Gasteiger partial charge in [-0.25, -0.2) is 4.39 Å². The van der Waals surface area contributed by atoms with E-state index in [-0.39, 0.29) is 12.2 Å². The molecule has 2 aromatic rings. The van der Waals surface area contributed by atoms with Crippen LogP contribution in [-0.4, -0.2) is 25.9 Å². The van der Waals surface area contributed by atoms with Gasteiger partial charge in [0.1, 0.15) is 5.75 Å². The molecule has 1 aliphatic carbocycles. The lowest BCUT2D eigenvalue weighted by Gasteiger charge is -2.37. The zero-order chi connectivity index (χ0) is 28.0. The van der Waals surface area contributed by atoms with E-state index in [1.165, 1.54) is 12.1 Å². The van der Waals surface area contributed by atoms with Crippen molar-refractivity contribution in [1.29, 1.82) is 0 Å². The Morgan fingerprint density at radius 2 is 1.56 bits per heavy atom. The molecule has 10 heteroatoms. The Labute approximate surface area is 223 Å². The van der Waals surface area contributed by atoms with Gasteiger partial charge in [0.25, 0.3) is 0 Å². The van der Waals surface area contributed by atoms with Crippen LogP contribution in [0.25, 0.3) is 0 Å². The molecule has 2 aromatic carbocycles. The molecule has 1 aliphatic heterocycles. The summed E-state index contributed by atoms with van der Waals surface area (Å²) in [6.45, 7) is 3.42. The second-order valence-electron chi connectivity index (χ2n) is 10.0. The molecule has 2 fully saturated rings. The first kappa shape index (κ1) is 29.3. The fraction of sp³-hybridized carbons (Fsp3) is 0.517. The van der Waals surface area contributed by atoms with Gasteiger partial charge in [-0.3, -0.25) is 0 Å². The Kier molecular flexibility index (Phi) is 9.48. The average molecular weight is 559 g/mol. The molecule has 4 nitrogen and oxygen atoms in total. The normalized spacial score (nSPS) is 24.6. The van der Waals surface area contributed by atoms with Crippen LogP contribution in [0.5, 0.6) is 11.5 Å². The Morgan fingerprint density at radius 3 is 2.15 bits per heavy atom. The van der Waals surface area contributed by atoms with Gasteiger partial charge in [-0.15, -0.1) is 13.2 Å². The lowest BCUT2D eigenvalue weighted by atomic mass is 9.78. The van der Waals surface area contributed by atoms with Gasteiger partial charge >= 0.3 is 12.5 Å². The number of alkyl halides is 5. The molecule has 39 heavy (non-hydrogen) atoms. The maximum atomic E-state index is 14.7. The van der Waals surface area contributed by atoms with E-state index < -0.39 is 35.4 Å². The number of hydrogen-bond acceptors (Lipinski definition) is 4. The van der Waals surface area contributed by atoms with E-state index in [9.17, 15) is 26.3 Å². The third kappa shape index (κ3) is 8.14. The number of benzene rings is 2. The highest BCUT2D eigenvalue weighted by atomic mass is 19.4. The fourth-order valence-electron chi connectivity index (χ4n) is 5.13. The van der Waals surface area contributed by atoms with Crippen molar-refractivity contribution in [3.63, 3.8) is 0 Å². The molecule has 1 heterocycles. The maximum absolute atomic E-state index is 14.7. The second-order valence-corrected chi connectivity index (χ2v) is 10.0. The van der Waals surface area contributed by atoms with Crippen molar-refractivity contribution in [3.8, 4) is 11.5 Å². The summed E-state index contributed by atoms with van der Waals surface area (Å²) in [6.07, 6.45) is 0.734. The Bertz CT molecular complexity index is 1090. The fourth-order valence-corrected chi connectivity index (χ4v) is 5.13. The summed E-state index contributed by atoms with van der Waals surface area (Å²) in [4.78, 5) is 0. The van der Waals surface area contributed by atoms with E-state index >= 15 is 0 Å². The van der Waals surface area contributed by atoms with Gasteiger partial charge in [-0.2, -0.15) is 8.78 Å². The predicted octanol–water partition coefficient (Wildman–Crippen LogP) is 8.47. The van der Waals surface area contributed by atoms with Gasteiger partial charge in [-0.05, 0) is 81.2 Å². The summed E-state index contributed by atoms with van der Waals surface area (Å²) >= 11 is 0. The predicted molar refractivity (Wildman–Crippen MR) is 132 cm³/mol. The van der Waals surface area contributed by atoms with E-state index in [0.717, 1.165) is 50.2 Å². The number of hydrogen-bond donors (Lipinski definition) is 0. The van der Waals surface area contributed by atoms with Gasteiger partial charge in [-0.1, -0.05) is 24.3 Å². The molecule has 0 bridgehead atoms. The van der Waals surface area contributed by atoms with Crippen LogP contribution >= 0.6 is 0 Å². The molecule has 2 aliphatic rings. The zero-order valence-corrected chi connectivity index (χ0v) is 21.6. The van der Waals surface area contributed by atoms with E-state index in [0.29, 0.717) is 37.2 Å². The van der Waals surface area contributed by atoms with Crippen LogP contribution in [-0.2, 0) is 15.6 Å². The van der Waals surface area contributed by atoms with Crippen LogP contribution in [0.1, 0.15) is 62.5 Å². The van der Waals surface area contributed by atoms with Crippen LogP contribution in [0.15, 0.2) is 54.6 Å². The van der Waals surface area contributed by atoms with Crippen molar-refractivity contribution in [2.24, 2.45) is 11.8 Å². The van der Waals surface area contributed by atoms with Crippen molar-refractivity contribution in [3.05, 3.63) is 71.6 Å². The highest BCUT2D eigenvalue weighted by Gasteiger charge is 2.37. The number of rotatable bonds is 9. The molecule has 4 rings (SSSR count). The first-order chi connectivity index (χ1) is 18.5. The second kappa shape index (κ2) is 12.6. The summed E-state index contributed by atoms with van der Waals surface area (Å²) in [7, 11) is 0. The van der Waals surface area contributed by atoms with Gasteiger partial charge < -0.3 is 18.9 Å². The Morgan fingerprint density at radius 1 is 0.897 bits per heavy atom. The molecule has 0 atom stereocenters. The molecule has 0 N–H and O–H groups in total. The van der Waals surface area contributed by atoms with Crippen molar-refractivity contribution >= 4 is 0 Å². The lowest BCUT2D eigenvalue weighted by molar-refractivity contribution is -0.275. The summed E-state index contributed by atoms with van der Waals surface area (Å²) in [5.41, 5.74) is 0.478. The van der Waals surface area contributed by atoms with Crippen molar-refractivity contribution < 1.29 is 45.3 Å². The van der Waals surface area contributed by atoms with Gasteiger partial charge in [0.15, 0.2) is 17.9 Å². The summed E-state index contributed by atoms with van der Waals surface area (Å²) in [5, 5.41) is 0. The largest absolute Gasteiger partial charge is 0.573 e. The minimum Gasteiger partial charge on any atom is -0.429 e. The van der Waals surface area contributed by atoms with E-state index in [1.807, 2.05) is 13.0 Å². The summed E-state index contributed by atoms with van der Waals surface area (Å²) in [6, 6.07) is 7.55. The van der Waals surface area contributed by atoms with Gasteiger partial charge in [0, 0.05) is 17.9 Å². The van der Waals surface area contributed by atoms with Gasteiger partial charge in [0.05, 0.1) is 18.8 Å². The van der Waals surface area contributed by atoms with Crippen molar-refractivity contribution in [2.45, 2.75) is 70.1 Å². The van der Waals surface area contributed by atoms with Gasteiger partial charge in [0.2, 0.25) is 0 Å². The number of allylic oxidation sites excluding steroid dienone is 2. The molecule has 1 saturated heterocycles. The molecule has 0 radical (unpaired) electrons. The minimum atomic E-state index is -5.11. The van der Waals surface area contributed by atoms with Crippen LogP contribution in [0, 0.1) is 17.7 Å². The number of halogens is 6. The highest BCUT2D eigenvalue weighted by Crippen LogP contribution is 2.40. The first-order valence-corrected chi connectivity index (χ1v) is 13.1. The molecular weight excluding hydrogens is 526 g/mol. The van der Waals surface area contributed by atoms with Crippen LogP contribution in [0.3, 0.4) is 0 Å².